The van der Waals surface area contributed by atoms with Crippen LogP contribution < -0.4 is 5.32 Å². The minimum Gasteiger partial charge on any atom is -0.331 e. The van der Waals surface area contributed by atoms with E-state index in [9.17, 15) is 0 Å². The third-order valence-corrected chi connectivity index (χ3v) is 3.29. The van der Waals surface area contributed by atoms with Crippen LogP contribution in [0.4, 0.5) is 0 Å². The summed E-state index contributed by atoms with van der Waals surface area (Å²) in [6, 6.07) is 0. The van der Waals surface area contributed by atoms with Crippen molar-refractivity contribution < 1.29 is 0 Å². The summed E-state index contributed by atoms with van der Waals surface area (Å²) < 4.78 is 2.36. The first-order valence-corrected chi connectivity index (χ1v) is 6.44. The molecular weight excluding hydrogens is 198 g/mol. The van der Waals surface area contributed by atoms with Crippen LogP contribution in [0, 0.1) is 12.8 Å². The second-order valence-electron chi connectivity index (χ2n) is 4.37. The normalized spacial score (nSPS) is 11.3. The Hall–Kier alpha value is -0.830. The number of rotatable bonds is 7. The maximum absolute atomic E-state index is 4.41. The van der Waals surface area contributed by atoms with Crippen molar-refractivity contribution in [2.24, 2.45) is 5.92 Å². The lowest BCUT2D eigenvalue weighted by Crippen LogP contribution is -2.18. The van der Waals surface area contributed by atoms with Gasteiger partial charge in [0.2, 0.25) is 0 Å². The van der Waals surface area contributed by atoms with Crippen molar-refractivity contribution in [2.75, 3.05) is 6.54 Å². The molecule has 3 nitrogen and oxygen atoms in total. The van der Waals surface area contributed by atoms with Crippen molar-refractivity contribution in [3.05, 3.63) is 17.7 Å². The van der Waals surface area contributed by atoms with E-state index in [1.807, 2.05) is 6.20 Å². The smallest absolute Gasteiger partial charge is 0.105 e. The predicted molar refractivity (Wildman–Crippen MR) is 68.4 cm³/mol. The molecule has 0 fully saturated rings. The van der Waals surface area contributed by atoms with Gasteiger partial charge in [-0.3, -0.25) is 0 Å². The average Bonchev–Trinajstić information content (AvgIpc) is 2.64. The molecule has 0 atom stereocenters. The van der Waals surface area contributed by atoms with Crippen molar-refractivity contribution in [1.29, 1.82) is 0 Å². The van der Waals surface area contributed by atoms with E-state index >= 15 is 0 Å². The van der Waals surface area contributed by atoms with Crippen LogP contribution in [-0.4, -0.2) is 16.1 Å². The Morgan fingerprint density at radius 1 is 1.31 bits per heavy atom. The molecule has 1 N–H and O–H groups in total. The summed E-state index contributed by atoms with van der Waals surface area (Å²) in [7, 11) is 0. The first-order valence-electron chi connectivity index (χ1n) is 6.44. The zero-order valence-electron chi connectivity index (χ0n) is 11.1. The number of nitrogens with zero attached hydrogens (tertiary/aromatic N) is 2. The second-order valence-corrected chi connectivity index (χ2v) is 4.37. The molecule has 3 heteroatoms. The summed E-state index contributed by atoms with van der Waals surface area (Å²) in [5, 5.41) is 3.37. The zero-order chi connectivity index (χ0) is 12.0. The lowest BCUT2D eigenvalue weighted by atomic mass is 10.0. The monoisotopic (exact) mass is 223 g/mol. The van der Waals surface area contributed by atoms with Crippen LogP contribution in [0.25, 0.3) is 0 Å². The van der Waals surface area contributed by atoms with Gasteiger partial charge in [-0.25, -0.2) is 4.98 Å². The van der Waals surface area contributed by atoms with Crippen LogP contribution in [-0.2, 0) is 13.1 Å². The largest absolute Gasteiger partial charge is 0.331 e. The van der Waals surface area contributed by atoms with Crippen LogP contribution in [0.2, 0.25) is 0 Å². The number of imidazole rings is 1. The molecule has 0 aromatic carbocycles. The molecule has 0 aliphatic rings. The van der Waals surface area contributed by atoms with Crippen LogP contribution in [0.5, 0.6) is 0 Å². The molecule has 0 unspecified atom stereocenters. The molecule has 0 amide bonds. The van der Waals surface area contributed by atoms with E-state index < -0.39 is 0 Å². The minimum absolute atomic E-state index is 0.772. The Balaban J connectivity index is 2.72. The molecule has 1 heterocycles. The van der Waals surface area contributed by atoms with Gasteiger partial charge in [0.05, 0.1) is 5.69 Å². The van der Waals surface area contributed by atoms with Crippen molar-refractivity contribution >= 4 is 0 Å². The van der Waals surface area contributed by atoms with E-state index in [-0.39, 0.29) is 0 Å². The van der Waals surface area contributed by atoms with Crippen molar-refractivity contribution in [2.45, 2.75) is 53.6 Å². The van der Waals surface area contributed by atoms with E-state index in [4.69, 9.17) is 0 Å². The maximum Gasteiger partial charge on any atom is 0.105 e. The van der Waals surface area contributed by atoms with Crippen LogP contribution in [0.15, 0.2) is 6.20 Å². The summed E-state index contributed by atoms with van der Waals surface area (Å²) in [6.45, 7) is 11.8. The molecule has 0 saturated carbocycles. The topological polar surface area (TPSA) is 29.9 Å². The van der Waals surface area contributed by atoms with Crippen LogP contribution in [0.1, 0.15) is 45.1 Å². The Bertz CT molecular complexity index is 300. The first-order chi connectivity index (χ1) is 7.72. The molecule has 1 aromatic rings. The van der Waals surface area contributed by atoms with Gasteiger partial charge in [0.15, 0.2) is 0 Å². The Kier molecular flexibility index (Phi) is 5.53. The van der Waals surface area contributed by atoms with Gasteiger partial charge in [0.1, 0.15) is 5.82 Å². The summed E-state index contributed by atoms with van der Waals surface area (Å²) >= 11 is 0. The molecule has 0 radical (unpaired) electrons. The van der Waals surface area contributed by atoms with Crippen molar-refractivity contribution in [1.82, 2.24) is 14.9 Å². The second kappa shape index (κ2) is 6.69. The summed E-state index contributed by atoms with van der Waals surface area (Å²) in [5.74, 6) is 1.91. The maximum atomic E-state index is 4.41. The van der Waals surface area contributed by atoms with Crippen molar-refractivity contribution in [3.63, 3.8) is 0 Å². The van der Waals surface area contributed by atoms with Gasteiger partial charge in [-0.15, -0.1) is 0 Å². The van der Waals surface area contributed by atoms with Gasteiger partial charge < -0.3 is 9.88 Å². The molecule has 0 aliphatic heterocycles. The van der Waals surface area contributed by atoms with Gasteiger partial charge in [-0.05, 0) is 19.4 Å². The molecule has 92 valence electrons. The van der Waals surface area contributed by atoms with Crippen LogP contribution >= 0.6 is 0 Å². The van der Waals surface area contributed by atoms with Gasteiger partial charge in [0, 0.05) is 19.3 Å². The minimum atomic E-state index is 0.772. The molecule has 1 aromatic heterocycles. The molecule has 0 aliphatic carbocycles. The molecule has 16 heavy (non-hydrogen) atoms. The fourth-order valence-electron chi connectivity index (χ4n) is 1.96. The van der Waals surface area contributed by atoms with Gasteiger partial charge in [0.25, 0.3) is 0 Å². The lowest BCUT2D eigenvalue weighted by molar-refractivity contribution is 0.405. The van der Waals surface area contributed by atoms with Gasteiger partial charge >= 0.3 is 0 Å². The summed E-state index contributed by atoms with van der Waals surface area (Å²) in [4.78, 5) is 4.41. The fraction of sp³-hybridized carbons (Fsp3) is 0.769. The van der Waals surface area contributed by atoms with E-state index in [1.165, 1.54) is 18.5 Å². The number of nitrogens with one attached hydrogen (secondary N) is 1. The third kappa shape index (κ3) is 3.34. The molecule has 0 saturated heterocycles. The Morgan fingerprint density at radius 2 is 2.00 bits per heavy atom. The third-order valence-electron chi connectivity index (χ3n) is 3.29. The Morgan fingerprint density at radius 3 is 2.56 bits per heavy atom. The zero-order valence-corrected chi connectivity index (χ0v) is 11.1. The van der Waals surface area contributed by atoms with E-state index in [0.29, 0.717) is 0 Å². The highest BCUT2D eigenvalue weighted by Crippen LogP contribution is 2.14. The standard InChI is InChI=1S/C13H25N3/c1-5-12(6-2)10-16-11(4)15-9-13(16)8-14-7-3/h9,12,14H,5-8,10H2,1-4H3. The lowest BCUT2D eigenvalue weighted by Gasteiger charge is -2.17. The predicted octanol–water partition coefficient (Wildman–Crippen LogP) is 2.74. The SMILES string of the molecule is CCNCc1cnc(C)n1CC(CC)CC. The molecule has 0 bridgehead atoms. The van der Waals surface area contributed by atoms with Gasteiger partial charge in [-0.2, -0.15) is 0 Å². The fourth-order valence-corrected chi connectivity index (χ4v) is 1.96. The molecule has 0 spiro atoms. The number of hydrogen-bond acceptors (Lipinski definition) is 2. The number of aromatic nitrogens is 2. The molecular formula is C13H25N3. The first kappa shape index (κ1) is 13.2. The Labute approximate surface area is 99.3 Å². The highest BCUT2D eigenvalue weighted by molar-refractivity contribution is 5.04. The quantitative estimate of drug-likeness (QED) is 0.770. The summed E-state index contributed by atoms with van der Waals surface area (Å²) in [6.07, 6.45) is 4.49. The number of aryl methyl sites for hydroxylation is 1. The highest BCUT2D eigenvalue weighted by atomic mass is 15.1. The summed E-state index contributed by atoms with van der Waals surface area (Å²) in [5.41, 5.74) is 1.31. The van der Waals surface area contributed by atoms with E-state index in [2.05, 4.69) is 42.6 Å². The van der Waals surface area contributed by atoms with E-state index in [0.717, 1.165) is 31.4 Å². The molecule has 1 rings (SSSR count). The average molecular weight is 223 g/mol. The number of hydrogen-bond donors (Lipinski definition) is 1. The highest BCUT2D eigenvalue weighted by Gasteiger charge is 2.10. The van der Waals surface area contributed by atoms with E-state index in [1.54, 1.807) is 0 Å². The van der Waals surface area contributed by atoms with Crippen LogP contribution in [0.3, 0.4) is 0 Å². The van der Waals surface area contributed by atoms with Gasteiger partial charge in [-0.1, -0.05) is 33.6 Å². The van der Waals surface area contributed by atoms with Crippen molar-refractivity contribution in [3.8, 4) is 0 Å².